The molecule has 0 aliphatic rings. The number of amides is 2. The molecule has 9 heteroatoms. The quantitative estimate of drug-likeness (QED) is 0.163. The molecule has 0 unspecified atom stereocenters. The highest BCUT2D eigenvalue weighted by atomic mass is 35.5. The van der Waals surface area contributed by atoms with Crippen molar-refractivity contribution in [3.05, 3.63) is 131 Å². The van der Waals surface area contributed by atoms with Crippen molar-refractivity contribution in [2.45, 2.75) is 50.6 Å². The lowest BCUT2D eigenvalue weighted by Crippen LogP contribution is -2.53. The molecule has 230 valence electrons. The van der Waals surface area contributed by atoms with Crippen molar-refractivity contribution in [3.63, 3.8) is 0 Å². The molecule has 1 atom stereocenters. The summed E-state index contributed by atoms with van der Waals surface area (Å²) in [5.74, 6) is -0.806. The predicted molar refractivity (Wildman–Crippen MR) is 176 cm³/mol. The summed E-state index contributed by atoms with van der Waals surface area (Å²) in [5, 5.41) is 3.33. The van der Waals surface area contributed by atoms with Gasteiger partial charge >= 0.3 is 0 Å². The number of carbonyl (C=O) groups is 2. The molecule has 0 fully saturated rings. The van der Waals surface area contributed by atoms with E-state index in [0.717, 1.165) is 33.8 Å². The molecular weight excluding hydrogens is 594 g/mol. The molecule has 4 rings (SSSR count). The predicted octanol–water partition coefficient (Wildman–Crippen LogP) is 6.40. The molecule has 44 heavy (non-hydrogen) atoms. The van der Waals surface area contributed by atoms with Gasteiger partial charge in [0.2, 0.25) is 11.8 Å². The number of halogens is 1. The third kappa shape index (κ3) is 8.71. The van der Waals surface area contributed by atoms with Crippen molar-refractivity contribution < 1.29 is 18.0 Å². The van der Waals surface area contributed by atoms with Crippen LogP contribution in [0.5, 0.6) is 0 Å². The number of rotatable bonds is 14. The van der Waals surface area contributed by atoms with Crippen molar-refractivity contribution in [2.24, 2.45) is 0 Å². The molecule has 7 nitrogen and oxygen atoms in total. The first kappa shape index (κ1) is 32.8. The fourth-order valence-corrected chi connectivity index (χ4v) is 6.44. The number of benzene rings is 4. The number of anilines is 1. The van der Waals surface area contributed by atoms with Gasteiger partial charge in [0, 0.05) is 24.5 Å². The Morgan fingerprint density at radius 1 is 0.841 bits per heavy atom. The standard InChI is InChI=1S/C35H38ClN3O4S/c1-3-4-22-37-35(41)33(23-28-12-7-5-8-13-28)38(25-29-20-18-27(2)19-21-29)34(40)26-39(31-15-11-14-30(36)24-31)44(42,43)32-16-9-6-10-17-32/h5-21,24,33H,3-4,22-23,25-26H2,1-2H3,(H,37,41)/t33-/m0/s1. The zero-order valence-electron chi connectivity index (χ0n) is 25.0. The van der Waals surface area contributed by atoms with Gasteiger partial charge in [0.25, 0.3) is 10.0 Å². The second-order valence-corrected chi connectivity index (χ2v) is 13.0. The Bertz CT molecular complexity index is 1630. The Balaban J connectivity index is 1.78. The first-order valence-electron chi connectivity index (χ1n) is 14.7. The summed E-state index contributed by atoms with van der Waals surface area (Å²) >= 11 is 6.28. The van der Waals surface area contributed by atoms with Crippen LogP contribution in [0, 0.1) is 6.92 Å². The Morgan fingerprint density at radius 2 is 1.50 bits per heavy atom. The van der Waals surface area contributed by atoms with Gasteiger partial charge in [-0.2, -0.15) is 0 Å². The SMILES string of the molecule is CCCCNC(=O)[C@H](Cc1ccccc1)N(Cc1ccc(C)cc1)C(=O)CN(c1cccc(Cl)c1)S(=O)(=O)c1ccccc1. The van der Waals surface area contributed by atoms with Crippen LogP contribution in [-0.4, -0.2) is 44.3 Å². The van der Waals surface area contributed by atoms with Crippen molar-refractivity contribution in [1.29, 1.82) is 0 Å². The third-order valence-electron chi connectivity index (χ3n) is 7.28. The molecular formula is C35H38ClN3O4S. The zero-order chi connectivity index (χ0) is 31.5. The Labute approximate surface area is 265 Å². The average molecular weight is 632 g/mol. The highest BCUT2D eigenvalue weighted by Gasteiger charge is 2.34. The summed E-state index contributed by atoms with van der Waals surface area (Å²) in [4.78, 5) is 29.7. The van der Waals surface area contributed by atoms with Crippen LogP contribution in [0.2, 0.25) is 5.02 Å². The molecule has 0 spiro atoms. The average Bonchev–Trinajstić information content (AvgIpc) is 3.03. The van der Waals surface area contributed by atoms with Gasteiger partial charge < -0.3 is 10.2 Å². The highest BCUT2D eigenvalue weighted by molar-refractivity contribution is 7.92. The maximum Gasteiger partial charge on any atom is 0.264 e. The lowest BCUT2D eigenvalue weighted by molar-refractivity contribution is -0.140. The molecule has 0 radical (unpaired) electrons. The van der Waals surface area contributed by atoms with Gasteiger partial charge in [-0.3, -0.25) is 13.9 Å². The van der Waals surface area contributed by atoms with E-state index in [4.69, 9.17) is 11.6 Å². The number of sulfonamides is 1. The van der Waals surface area contributed by atoms with Gasteiger partial charge in [0.05, 0.1) is 10.6 Å². The van der Waals surface area contributed by atoms with Crippen molar-refractivity contribution in [1.82, 2.24) is 10.2 Å². The number of nitrogens with zero attached hydrogens (tertiary/aromatic N) is 2. The Morgan fingerprint density at radius 3 is 2.14 bits per heavy atom. The van der Waals surface area contributed by atoms with Gasteiger partial charge in [-0.25, -0.2) is 8.42 Å². The Kier molecular flexibility index (Phi) is 11.6. The molecule has 4 aromatic rings. The summed E-state index contributed by atoms with van der Waals surface area (Å²) in [5.41, 5.74) is 3.01. The number of nitrogens with one attached hydrogen (secondary N) is 1. The number of aryl methyl sites for hydroxylation is 1. The lowest BCUT2D eigenvalue weighted by atomic mass is 10.0. The van der Waals surface area contributed by atoms with Crippen LogP contribution in [-0.2, 0) is 32.6 Å². The summed E-state index contributed by atoms with van der Waals surface area (Å²) in [6, 6.07) is 30.7. The smallest absolute Gasteiger partial charge is 0.264 e. The van der Waals surface area contributed by atoms with Crippen molar-refractivity contribution >= 4 is 39.1 Å². The van der Waals surface area contributed by atoms with Gasteiger partial charge in [-0.1, -0.05) is 109 Å². The minimum atomic E-state index is -4.17. The molecule has 2 amide bonds. The highest BCUT2D eigenvalue weighted by Crippen LogP contribution is 2.27. The zero-order valence-corrected chi connectivity index (χ0v) is 26.6. The number of carbonyl (C=O) groups excluding carboxylic acids is 2. The van der Waals surface area contributed by atoms with Crippen LogP contribution in [0.1, 0.15) is 36.5 Å². The van der Waals surface area contributed by atoms with E-state index in [1.807, 2.05) is 68.4 Å². The molecule has 0 saturated carbocycles. The van der Waals surface area contributed by atoms with Crippen molar-refractivity contribution in [3.8, 4) is 0 Å². The van der Waals surface area contributed by atoms with E-state index >= 15 is 0 Å². The van der Waals surface area contributed by atoms with E-state index in [9.17, 15) is 18.0 Å². The largest absolute Gasteiger partial charge is 0.354 e. The number of hydrogen-bond donors (Lipinski definition) is 1. The first-order valence-corrected chi connectivity index (χ1v) is 16.5. The summed E-state index contributed by atoms with van der Waals surface area (Å²) < 4.78 is 29.1. The van der Waals surface area contributed by atoms with Crippen LogP contribution in [0.4, 0.5) is 5.69 Å². The number of hydrogen-bond acceptors (Lipinski definition) is 4. The van der Waals surface area contributed by atoms with E-state index in [0.29, 0.717) is 11.6 Å². The molecule has 1 N–H and O–H groups in total. The maximum atomic E-state index is 14.4. The maximum absolute atomic E-state index is 14.4. The summed E-state index contributed by atoms with van der Waals surface area (Å²) in [7, 11) is -4.17. The van der Waals surface area contributed by atoms with E-state index in [1.165, 1.54) is 23.1 Å². The molecule has 0 aliphatic carbocycles. The van der Waals surface area contributed by atoms with Crippen LogP contribution in [0.25, 0.3) is 0 Å². The fraction of sp³-hybridized carbons (Fsp3) is 0.257. The van der Waals surface area contributed by atoms with Gasteiger partial charge in [0.1, 0.15) is 12.6 Å². The van der Waals surface area contributed by atoms with Crippen LogP contribution >= 0.6 is 11.6 Å². The van der Waals surface area contributed by atoms with E-state index in [2.05, 4.69) is 5.32 Å². The van der Waals surface area contributed by atoms with E-state index in [1.54, 1.807) is 36.4 Å². The second kappa shape index (κ2) is 15.5. The second-order valence-electron chi connectivity index (χ2n) is 10.7. The van der Waals surface area contributed by atoms with Gasteiger partial charge in [-0.15, -0.1) is 0 Å². The summed E-state index contributed by atoms with van der Waals surface area (Å²) in [6.07, 6.45) is 1.97. The molecule has 0 heterocycles. The van der Waals surface area contributed by atoms with Crippen LogP contribution in [0.15, 0.2) is 114 Å². The van der Waals surface area contributed by atoms with Crippen LogP contribution < -0.4 is 9.62 Å². The number of unbranched alkanes of at least 4 members (excludes halogenated alkanes) is 1. The van der Waals surface area contributed by atoms with Gasteiger partial charge in [0.15, 0.2) is 0 Å². The third-order valence-corrected chi connectivity index (χ3v) is 9.30. The van der Waals surface area contributed by atoms with Crippen molar-refractivity contribution in [2.75, 3.05) is 17.4 Å². The minimum absolute atomic E-state index is 0.0380. The van der Waals surface area contributed by atoms with E-state index in [-0.39, 0.29) is 29.5 Å². The molecule has 0 aromatic heterocycles. The van der Waals surface area contributed by atoms with E-state index < -0.39 is 28.5 Å². The Hall–Kier alpha value is -4.14. The first-order chi connectivity index (χ1) is 21.2. The minimum Gasteiger partial charge on any atom is -0.354 e. The molecule has 4 aromatic carbocycles. The van der Waals surface area contributed by atoms with Crippen LogP contribution in [0.3, 0.4) is 0 Å². The summed E-state index contributed by atoms with van der Waals surface area (Å²) in [6.45, 7) is 4.08. The van der Waals surface area contributed by atoms with Gasteiger partial charge in [-0.05, 0) is 54.8 Å². The molecule has 0 saturated heterocycles. The monoisotopic (exact) mass is 631 g/mol. The topological polar surface area (TPSA) is 86.8 Å². The molecule has 0 bridgehead atoms. The lowest BCUT2D eigenvalue weighted by Gasteiger charge is -2.34. The molecule has 0 aliphatic heterocycles. The normalized spacial score (nSPS) is 11.9. The fourth-order valence-electron chi connectivity index (χ4n) is 4.83.